The zero-order valence-electron chi connectivity index (χ0n) is 22.4. The van der Waals surface area contributed by atoms with Crippen LogP contribution in [0.25, 0.3) is 0 Å². The van der Waals surface area contributed by atoms with Crippen LogP contribution >= 0.6 is 0 Å². The minimum atomic E-state index is -0.703. The summed E-state index contributed by atoms with van der Waals surface area (Å²) in [5.41, 5.74) is 0.597. The SMILES string of the molecule is CC(CC=CC(C)(C)O)C1CCC2(C)C1CCC1C3(C)CCC(O)C(C)(C)C3CCC12C. The Bertz CT molecular complexity index is 732. The standard InChI is InChI=1S/C30H52O2/c1-20(10-9-16-26(2,3)32)21-13-18-29(7)22(21)11-12-24-28(6)17-15-25(31)27(4,5)23(28)14-19-30(24,29)8/h9,16,20-25,31-32H,10-15,17-19H2,1-8H3. The average Bonchev–Trinajstić information content (AvgIpc) is 3.03. The molecule has 2 nitrogen and oxygen atoms in total. The Balaban J connectivity index is 1.57. The maximum atomic E-state index is 10.8. The highest BCUT2D eigenvalue weighted by atomic mass is 16.3. The van der Waals surface area contributed by atoms with E-state index in [0.29, 0.717) is 28.1 Å². The number of fused-ring (bicyclic) bond motifs is 5. The fraction of sp³-hybridized carbons (Fsp3) is 0.933. The third-order valence-corrected chi connectivity index (χ3v) is 12.2. The van der Waals surface area contributed by atoms with Crippen LogP contribution in [0.2, 0.25) is 0 Å². The second-order valence-electron chi connectivity index (χ2n) is 14.5. The van der Waals surface area contributed by atoms with Crippen LogP contribution in [-0.2, 0) is 0 Å². The molecule has 2 N–H and O–H groups in total. The molecular formula is C30H52O2. The smallest absolute Gasteiger partial charge is 0.0771 e. The molecule has 184 valence electrons. The summed E-state index contributed by atoms with van der Waals surface area (Å²) in [6.07, 6.45) is 15.6. The highest BCUT2D eigenvalue weighted by Crippen LogP contribution is 2.75. The van der Waals surface area contributed by atoms with Crippen LogP contribution in [0.4, 0.5) is 0 Å². The van der Waals surface area contributed by atoms with Gasteiger partial charge in [0.25, 0.3) is 0 Å². The van der Waals surface area contributed by atoms with Crippen molar-refractivity contribution in [1.82, 2.24) is 0 Å². The number of allylic oxidation sites excluding steroid dienone is 1. The first-order valence-electron chi connectivity index (χ1n) is 13.7. The van der Waals surface area contributed by atoms with E-state index in [1.165, 1.54) is 44.9 Å². The monoisotopic (exact) mass is 444 g/mol. The lowest BCUT2D eigenvalue weighted by Gasteiger charge is -2.70. The molecule has 0 aromatic heterocycles. The van der Waals surface area contributed by atoms with E-state index in [4.69, 9.17) is 0 Å². The van der Waals surface area contributed by atoms with Crippen LogP contribution in [0.3, 0.4) is 0 Å². The number of aliphatic hydroxyl groups is 2. The van der Waals surface area contributed by atoms with E-state index < -0.39 is 5.60 Å². The maximum Gasteiger partial charge on any atom is 0.0771 e. The Morgan fingerprint density at radius 1 is 0.875 bits per heavy atom. The third-order valence-electron chi connectivity index (χ3n) is 12.2. The van der Waals surface area contributed by atoms with E-state index in [9.17, 15) is 10.2 Å². The first-order chi connectivity index (χ1) is 14.7. The van der Waals surface area contributed by atoms with Gasteiger partial charge in [0.15, 0.2) is 0 Å². The molecule has 4 aliphatic rings. The summed E-state index contributed by atoms with van der Waals surface area (Å²) >= 11 is 0. The highest BCUT2D eigenvalue weighted by Gasteiger charge is 2.68. The molecule has 0 saturated heterocycles. The van der Waals surface area contributed by atoms with Crippen LogP contribution in [0.5, 0.6) is 0 Å². The predicted octanol–water partition coefficient (Wildman–Crippen LogP) is 7.39. The number of hydrogen-bond acceptors (Lipinski definition) is 2. The van der Waals surface area contributed by atoms with Gasteiger partial charge in [-0.25, -0.2) is 0 Å². The average molecular weight is 445 g/mol. The molecular weight excluding hydrogens is 392 g/mol. The van der Waals surface area contributed by atoms with Crippen molar-refractivity contribution < 1.29 is 10.2 Å². The summed E-state index contributed by atoms with van der Waals surface area (Å²) in [7, 11) is 0. The quantitative estimate of drug-likeness (QED) is 0.444. The van der Waals surface area contributed by atoms with E-state index >= 15 is 0 Å². The molecule has 0 heterocycles. The number of rotatable bonds is 4. The van der Waals surface area contributed by atoms with Crippen molar-refractivity contribution in [2.75, 3.05) is 0 Å². The van der Waals surface area contributed by atoms with Gasteiger partial charge in [0.05, 0.1) is 11.7 Å². The first kappa shape index (κ1) is 24.8. The minimum absolute atomic E-state index is 0.0472. The molecule has 4 saturated carbocycles. The molecule has 4 fully saturated rings. The van der Waals surface area contributed by atoms with Crippen molar-refractivity contribution in [3.63, 3.8) is 0 Å². The minimum Gasteiger partial charge on any atom is -0.393 e. The molecule has 9 unspecified atom stereocenters. The van der Waals surface area contributed by atoms with E-state index in [1.54, 1.807) is 0 Å². The molecule has 0 radical (unpaired) electrons. The fourth-order valence-corrected chi connectivity index (χ4v) is 10.2. The zero-order chi connectivity index (χ0) is 23.7. The Morgan fingerprint density at radius 2 is 1.53 bits per heavy atom. The Morgan fingerprint density at radius 3 is 2.19 bits per heavy atom. The maximum absolute atomic E-state index is 10.8. The summed E-state index contributed by atoms with van der Waals surface area (Å²) in [6.45, 7) is 18.9. The molecule has 9 atom stereocenters. The van der Waals surface area contributed by atoms with Crippen molar-refractivity contribution in [2.24, 2.45) is 51.2 Å². The van der Waals surface area contributed by atoms with E-state index in [-0.39, 0.29) is 11.5 Å². The van der Waals surface area contributed by atoms with Gasteiger partial charge in [0, 0.05) is 0 Å². The Hall–Kier alpha value is -0.340. The highest BCUT2D eigenvalue weighted by molar-refractivity contribution is 5.17. The second-order valence-corrected chi connectivity index (χ2v) is 14.5. The van der Waals surface area contributed by atoms with Gasteiger partial charge in [-0.05, 0) is 123 Å². The number of hydrogen-bond donors (Lipinski definition) is 2. The topological polar surface area (TPSA) is 40.5 Å². The second kappa shape index (κ2) is 7.84. The predicted molar refractivity (Wildman–Crippen MR) is 134 cm³/mol. The van der Waals surface area contributed by atoms with Crippen molar-refractivity contribution in [1.29, 1.82) is 0 Å². The van der Waals surface area contributed by atoms with Gasteiger partial charge in [0.1, 0.15) is 0 Å². The van der Waals surface area contributed by atoms with Gasteiger partial charge in [-0.3, -0.25) is 0 Å². The molecule has 0 amide bonds. The summed E-state index contributed by atoms with van der Waals surface area (Å²) < 4.78 is 0. The first-order valence-corrected chi connectivity index (χ1v) is 13.7. The van der Waals surface area contributed by atoms with Crippen LogP contribution in [0, 0.1) is 51.2 Å². The van der Waals surface area contributed by atoms with Gasteiger partial charge in [-0.2, -0.15) is 0 Å². The molecule has 0 aromatic carbocycles. The van der Waals surface area contributed by atoms with Crippen molar-refractivity contribution in [3.8, 4) is 0 Å². The van der Waals surface area contributed by atoms with Crippen LogP contribution in [-0.4, -0.2) is 21.9 Å². The largest absolute Gasteiger partial charge is 0.393 e. The van der Waals surface area contributed by atoms with Crippen molar-refractivity contribution >= 4 is 0 Å². The van der Waals surface area contributed by atoms with Gasteiger partial charge >= 0.3 is 0 Å². The Kier molecular flexibility index (Phi) is 6.07. The normalized spacial score (nSPS) is 49.4. The lowest BCUT2D eigenvalue weighted by Crippen LogP contribution is -2.63. The van der Waals surface area contributed by atoms with Crippen LogP contribution in [0.15, 0.2) is 12.2 Å². The molecule has 0 bridgehead atoms. The van der Waals surface area contributed by atoms with E-state index in [2.05, 4.69) is 47.6 Å². The molecule has 0 aliphatic heterocycles. The summed E-state index contributed by atoms with van der Waals surface area (Å²) in [4.78, 5) is 0. The summed E-state index contributed by atoms with van der Waals surface area (Å²) in [5.74, 6) is 3.80. The van der Waals surface area contributed by atoms with Crippen LogP contribution < -0.4 is 0 Å². The Labute approximate surface area is 198 Å². The van der Waals surface area contributed by atoms with Gasteiger partial charge in [-0.1, -0.05) is 53.7 Å². The van der Waals surface area contributed by atoms with E-state index in [1.807, 2.05) is 19.9 Å². The third kappa shape index (κ3) is 3.57. The molecule has 4 aliphatic carbocycles. The van der Waals surface area contributed by atoms with Crippen molar-refractivity contribution in [2.45, 2.75) is 125 Å². The summed E-state index contributed by atoms with van der Waals surface area (Å²) in [6, 6.07) is 0. The summed E-state index contributed by atoms with van der Waals surface area (Å²) in [5, 5.41) is 20.9. The van der Waals surface area contributed by atoms with Crippen LogP contribution in [0.1, 0.15) is 113 Å². The molecule has 32 heavy (non-hydrogen) atoms. The molecule has 0 spiro atoms. The number of aliphatic hydroxyl groups excluding tert-OH is 1. The van der Waals surface area contributed by atoms with Gasteiger partial charge in [-0.15, -0.1) is 0 Å². The lowest BCUT2D eigenvalue weighted by molar-refractivity contribution is -0.222. The fourth-order valence-electron chi connectivity index (χ4n) is 10.2. The zero-order valence-corrected chi connectivity index (χ0v) is 22.4. The van der Waals surface area contributed by atoms with E-state index in [0.717, 1.165) is 30.6 Å². The molecule has 2 heteroatoms. The molecule has 0 aromatic rings. The van der Waals surface area contributed by atoms with Gasteiger partial charge < -0.3 is 10.2 Å². The van der Waals surface area contributed by atoms with Crippen molar-refractivity contribution in [3.05, 3.63) is 12.2 Å². The van der Waals surface area contributed by atoms with Gasteiger partial charge in [0.2, 0.25) is 0 Å². The molecule has 4 rings (SSSR count). The lowest BCUT2D eigenvalue weighted by atomic mass is 9.35.